The quantitative estimate of drug-likeness (QED) is 0.621. The topological polar surface area (TPSA) is 96.3 Å². The zero-order chi connectivity index (χ0) is 22.1. The Morgan fingerprint density at radius 2 is 1.59 bits per heavy atom. The number of benzene rings is 2. The monoisotopic (exact) mass is 429 g/mol. The highest BCUT2D eigenvalue weighted by Gasteiger charge is 2.52. The SMILES string of the molecule is O=C(NN1C(=O)NC2(CCCCC2)C1=O)c1cc(-c2ccccc2)nn1-c1ccccc1. The van der Waals surface area contributed by atoms with Crippen LogP contribution in [0.1, 0.15) is 42.6 Å². The zero-order valence-corrected chi connectivity index (χ0v) is 17.5. The summed E-state index contributed by atoms with van der Waals surface area (Å²) in [5, 5.41) is 8.24. The minimum Gasteiger partial charge on any atom is -0.322 e. The third kappa shape index (κ3) is 3.43. The molecule has 32 heavy (non-hydrogen) atoms. The highest BCUT2D eigenvalue weighted by atomic mass is 16.2. The number of nitrogens with zero attached hydrogens (tertiary/aromatic N) is 3. The molecule has 1 saturated carbocycles. The highest BCUT2D eigenvalue weighted by molar-refractivity contribution is 6.09. The van der Waals surface area contributed by atoms with E-state index in [1.165, 1.54) is 4.68 Å². The van der Waals surface area contributed by atoms with E-state index in [4.69, 9.17) is 0 Å². The van der Waals surface area contributed by atoms with Crippen molar-refractivity contribution in [3.8, 4) is 16.9 Å². The number of carbonyl (C=O) groups is 3. The van der Waals surface area contributed by atoms with E-state index in [9.17, 15) is 14.4 Å². The summed E-state index contributed by atoms with van der Waals surface area (Å²) >= 11 is 0. The molecular weight excluding hydrogens is 406 g/mol. The predicted octanol–water partition coefficient (Wildman–Crippen LogP) is 3.44. The second-order valence-corrected chi connectivity index (χ2v) is 8.18. The number of urea groups is 1. The fourth-order valence-electron chi connectivity index (χ4n) is 4.43. The largest absolute Gasteiger partial charge is 0.344 e. The molecule has 3 aromatic rings. The summed E-state index contributed by atoms with van der Waals surface area (Å²) in [4.78, 5) is 38.9. The van der Waals surface area contributed by atoms with E-state index in [1.807, 2.05) is 60.7 Å². The van der Waals surface area contributed by atoms with E-state index in [2.05, 4.69) is 15.8 Å². The van der Waals surface area contributed by atoms with Crippen LogP contribution in [0.5, 0.6) is 0 Å². The maximum Gasteiger partial charge on any atom is 0.344 e. The van der Waals surface area contributed by atoms with Gasteiger partial charge in [-0.3, -0.25) is 15.0 Å². The van der Waals surface area contributed by atoms with E-state index in [1.54, 1.807) is 6.07 Å². The summed E-state index contributed by atoms with van der Waals surface area (Å²) in [6, 6.07) is 19.8. The zero-order valence-electron chi connectivity index (χ0n) is 17.5. The number of amides is 4. The van der Waals surface area contributed by atoms with Gasteiger partial charge in [-0.25, -0.2) is 9.48 Å². The van der Waals surface area contributed by atoms with Crippen LogP contribution in [0.3, 0.4) is 0 Å². The lowest BCUT2D eigenvalue weighted by molar-refractivity contribution is -0.134. The van der Waals surface area contributed by atoms with E-state index < -0.39 is 23.4 Å². The Bertz CT molecular complexity index is 1170. The second kappa shape index (κ2) is 7.96. The van der Waals surface area contributed by atoms with Crippen LogP contribution in [-0.2, 0) is 4.79 Å². The molecule has 0 radical (unpaired) electrons. The van der Waals surface area contributed by atoms with Crippen LogP contribution >= 0.6 is 0 Å². The van der Waals surface area contributed by atoms with Gasteiger partial charge >= 0.3 is 6.03 Å². The van der Waals surface area contributed by atoms with Gasteiger partial charge < -0.3 is 5.32 Å². The van der Waals surface area contributed by atoms with Gasteiger partial charge in [-0.2, -0.15) is 10.1 Å². The van der Waals surface area contributed by atoms with Crippen molar-refractivity contribution in [2.45, 2.75) is 37.6 Å². The average Bonchev–Trinajstić information content (AvgIpc) is 3.37. The molecule has 2 fully saturated rings. The first-order valence-electron chi connectivity index (χ1n) is 10.8. The molecule has 2 aliphatic rings. The molecule has 8 nitrogen and oxygen atoms in total. The average molecular weight is 429 g/mol. The highest BCUT2D eigenvalue weighted by Crippen LogP contribution is 2.33. The second-order valence-electron chi connectivity index (χ2n) is 8.18. The molecule has 5 rings (SSSR count). The minimum absolute atomic E-state index is 0.222. The maximum absolute atomic E-state index is 13.3. The number of hydrazine groups is 1. The first kappa shape index (κ1) is 20.0. The van der Waals surface area contributed by atoms with Crippen LogP contribution < -0.4 is 10.7 Å². The first-order chi connectivity index (χ1) is 15.6. The standard InChI is InChI=1S/C24H23N5O3/c30-21(27-29-22(31)24(25-23(29)32)14-8-3-9-15-24)20-16-19(17-10-4-1-5-11-17)26-28(20)18-12-6-2-7-13-18/h1-2,4-7,10-13,16H,3,8-9,14-15H2,(H,25,32)(H,27,30). The molecule has 0 unspecified atom stereocenters. The third-order valence-corrected chi connectivity index (χ3v) is 6.09. The molecule has 2 heterocycles. The number of carbonyl (C=O) groups excluding carboxylic acids is 3. The summed E-state index contributed by atoms with van der Waals surface area (Å²) in [7, 11) is 0. The van der Waals surface area contributed by atoms with Gasteiger partial charge in [0.2, 0.25) is 0 Å². The Morgan fingerprint density at radius 1 is 0.938 bits per heavy atom. The van der Waals surface area contributed by atoms with Crippen LogP contribution in [-0.4, -0.2) is 38.2 Å². The molecule has 1 saturated heterocycles. The summed E-state index contributed by atoms with van der Waals surface area (Å²) in [5.74, 6) is -0.982. The van der Waals surface area contributed by atoms with E-state index in [0.29, 0.717) is 24.2 Å². The van der Waals surface area contributed by atoms with Gasteiger partial charge in [-0.15, -0.1) is 0 Å². The molecule has 4 amide bonds. The number of rotatable bonds is 4. The van der Waals surface area contributed by atoms with Gasteiger partial charge in [0, 0.05) is 5.56 Å². The molecule has 1 aliphatic heterocycles. The van der Waals surface area contributed by atoms with Crippen molar-refractivity contribution < 1.29 is 14.4 Å². The summed E-state index contributed by atoms with van der Waals surface area (Å²) < 4.78 is 1.52. The molecule has 1 spiro atoms. The number of hydrogen-bond donors (Lipinski definition) is 2. The normalized spacial score (nSPS) is 17.4. The molecule has 0 bridgehead atoms. The fourth-order valence-corrected chi connectivity index (χ4v) is 4.43. The first-order valence-corrected chi connectivity index (χ1v) is 10.8. The lowest BCUT2D eigenvalue weighted by Crippen LogP contribution is -2.51. The van der Waals surface area contributed by atoms with Crippen LogP contribution in [0.2, 0.25) is 0 Å². The van der Waals surface area contributed by atoms with Crippen molar-refractivity contribution in [2.24, 2.45) is 0 Å². The van der Waals surface area contributed by atoms with Crippen molar-refractivity contribution in [1.29, 1.82) is 0 Å². The Balaban J connectivity index is 1.47. The van der Waals surface area contributed by atoms with Crippen LogP contribution in [0, 0.1) is 0 Å². The smallest absolute Gasteiger partial charge is 0.322 e. The number of aromatic nitrogens is 2. The van der Waals surface area contributed by atoms with Gasteiger partial charge in [0.05, 0.1) is 11.4 Å². The van der Waals surface area contributed by atoms with Crippen LogP contribution in [0.25, 0.3) is 16.9 Å². The minimum atomic E-state index is -0.905. The lowest BCUT2D eigenvalue weighted by Gasteiger charge is -2.30. The molecule has 162 valence electrons. The van der Waals surface area contributed by atoms with E-state index >= 15 is 0 Å². The fraction of sp³-hybridized carbons (Fsp3) is 0.250. The van der Waals surface area contributed by atoms with Gasteiger partial charge in [0.15, 0.2) is 0 Å². The number of hydrogen-bond acceptors (Lipinski definition) is 4. The van der Waals surface area contributed by atoms with Crippen LogP contribution in [0.4, 0.5) is 4.79 Å². The van der Waals surface area contributed by atoms with Gasteiger partial charge in [-0.05, 0) is 31.0 Å². The van der Waals surface area contributed by atoms with E-state index in [0.717, 1.165) is 29.8 Å². The molecule has 2 aromatic carbocycles. The molecule has 1 aromatic heterocycles. The van der Waals surface area contributed by atoms with Gasteiger partial charge in [0.25, 0.3) is 11.8 Å². The Kier molecular flexibility index (Phi) is 4.97. The van der Waals surface area contributed by atoms with Crippen molar-refractivity contribution in [1.82, 2.24) is 25.5 Å². The van der Waals surface area contributed by atoms with Crippen molar-refractivity contribution in [3.63, 3.8) is 0 Å². The van der Waals surface area contributed by atoms with Crippen molar-refractivity contribution >= 4 is 17.8 Å². The molecule has 0 atom stereocenters. The van der Waals surface area contributed by atoms with E-state index in [-0.39, 0.29) is 5.69 Å². The molecular formula is C24H23N5O3. The lowest BCUT2D eigenvalue weighted by atomic mass is 9.82. The Morgan fingerprint density at radius 3 is 2.28 bits per heavy atom. The van der Waals surface area contributed by atoms with Crippen molar-refractivity contribution in [3.05, 3.63) is 72.4 Å². The predicted molar refractivity (Wildman–Crippen MR) is 118 cm³/mol. The van der Waals surface area contributed by atoms with Crippen LogP contribution in [0.15, 0.2) is 66.7 Å². The Labute approximate surface area is 185 Å². The Hall–Kier alpha value is -3.94. The summed E-state index contributed by atoms with van der Waals surface area (Å²) in [6.45, 7) is 0. The maximum atomic E-state index is 13.3. The van der Waals surface area contributed by atoms with Crippen molar-refractivity contribution in [2.75, 3.05) is 0 Å². The van der Waals surface area contributed by atoms with Gasteiger partial charge in [-0.1, -0.05) is 67.8 Å². The molecule has 2 N–H and O–H groups in total. The summed E-state index contributed by atoms with van der Waals surface area (Å²) in [5.41, 5.74) is 3.99. The number of para-hydroxylation sites is 1. The summed E-state index contributed by atoms with van der Waals surface area (Å²) in [6.07, 6.45) is 3.95. The third-order valence-electron chi connectivity index (χ3n) is 6.09. The van der Waals surface area contributed by atoms with Gasteiger partial charge in [0.1, 0.15) is 11.2 Å². The number of nitrogens with one attached hydrogen (secondary N) is 2. The molecule has 8 heteroatoms. The number of imide groups is 1. The molecule has 1 aliphatic carbocycles.